The van der Waals surface area contributed by atoms with E-state index >= 15 is 0 Å². The SMILES string of the molecule is CCCCCCCOc1ccc(C(=O)Oc2ccc(CC(NC(=O)c3ccc(NC(=O)c4ccccc4)cc3)C(C)=O)cc2OC)cc1. The summed E-state index contributed by atoms with van der Waals surface area (Å²) in [5.74, 6) is -0.242. The van der Waals surface area contributed by atoms with Crippen LogP contribution < -0.4 is 24.8 Å². The molecule has 0 aliphatic rings. The van der Waals surface area contributed by atoms with Crippen LogP contribution in [0.15, 0.2) is 97.1 Å². The number of benzene rings is 4. The molecular formula is C39H42N2O7. The molecule has 9 nitrogen and oxygen atoms in total. The first-order chi connectivity index (χ1) is 23.3. The van der Waals surface area contributed by atoms with Crippen LogP contribution in [0, 0.1) is 0 Å². The number of carbonyl (C=O) groups excluding carboxylic acids is 4. The highest BCUT2D eigenvalue weighted by atomic mass is 16.6. The van der Waals surface area contributed by atoms with Crippen molar-refractivity contribution in [1.29, 1.82) is 0 Å². The number of hydrogen-bond acceptors (Lipinski definition) is 7. The molecule has 0 spiro atoms. The molecule has 0 aliphatic carbocycles. The number of anilines is 1. The molecular weight excluding hydrogens is 608 g/mol. The maximum atomic E-state index is 13.0. The van der Waals surface area contributed by atoms with Crippen molar-refractivity contribution in [1.82, 2.24) is 5.32 Å². The third-order valence-corrected chi connectivity index (χ3v) is 7.71. The standard InChI is InChI=1S/C39H42N2O7/c1-4-5-6-7-11-24-47-33-21-17-31(18-22-33)39(45)48-35-23-14-28(26-36(35)46-3)25-34(27(2)42)41-38(44)30-15-19-32(20-16-30)40-37(43)29-12-9-8-10-13-29/h8-10,12-23,26,34H,4-7,11,24-25H2,1-3H3,(H,40,43)(H,41,44). The lowest BCUT2D eigenvalue weighted by atomic mass is 10.0. The van der Waals surface area contributed by atoms with Gasteiger partial charge in [-0.2, -0.15) is 0 Å². The monoisotopic (exact) mass is 650 g/mol. The molecule has 250 valence electrons. The number of nitrogens with one attached hydrogen (secondary N) is 2. The van der Waals surface area contributed by atoms with Gasteiger partial charge in [-0.1, -0.05) is 56.9 Å². The molecule has 4 rings (SSSR count). The fraction of sp³-hybridized carbons (Fsp3) is 0.282. The number of Topliss-reactive ketones (excluding diaryl/α,β-unsaturated/α-hetero) is 1. The van der Waals surface area contributed by atoms with Gasteiger partial charge < -0.3 is 24.8 Å². The molecule has 1 atom stereocenters. The van der Waals surface area contributed by atoms with Gasteiger partial charge in [-0.3, -0.25) is 14.4 Å². The molecule has 1 unspecified atom stereocenters. The van der Waals surface area contributed by atoms with Gasteiger partial charge in [0.25, 0.3) is 11.8 Å². The number of carbonyl (C=O) groups is 4. The van der Waals surface area contributed by atoms with Crippen LogP contribution in [0.5, 0.6) is 17.2 Å². The smallest absolute Gasteiger partial charge is 0.343 e. The van der Waals surface area contributed by atoms with Crippen molar-refractivity contribution in [3.8, 4) is 17.2 Å². The topological polar surface area (TPSA) is 120 Å². The molecule has 0 aromatic heterocycles. The summed E-state index contributed by atoms with van der Waals surface area (Å²) < 4.78 is 16.9. The molecule has 0 heterocycles. The zero-order chi connectivity index (χ0) is 34.3. The molecule has 0 aliphatic heterocycles. The molecule has 0 bridgehead atoms. The summed E-state index contributed by atoms with van der Waals surface area (Å²) in [6, 6.07) is 26.2. The molecule has 4 aromatic rings. The molecule has 2 N–H and O–H groups in total. The molecule has 0 saturated carbocycles. The average molecular weight is 651 g/mol. The molecule has 2 amide bonds. The van der Waals surface area contributed by atoms with Crippen LogP contribution >= 0.6 is 0 Å². The summed E-state index contributed by atoms with van der Waals surface area (Å²) in [7, 11) is 1.46. The minimum atomic E-state index is -0.815. The molecule has 9 heteroatoms. The van der Waals surface area contributed by atoms with Gasteiger partial charge in [0.1, 0.15) is 5.75 Å². The predicted molar refractivity (Wildman–Crippen MR) is 185 cm³/mol. The number of ether oxygens (including phenoxy) is 3. The van der Waals surface area contributed by atoms with E-state index < -0.39 is 17.9 Å². The minimum absolute atomic E-state index is 0.191. The van der Waals surface area contributed by atoms with E-state index in [1.54, 1.807) is 91.0 Å². The van der Waals surface area contributed by atoms with Gasteiger partial charge in [0, 0.05) is 16.8 Å². The van der Waals surface area contributed by atoms with Gasteiger partial charge in [0.2, 0.25) is 0 Å². The molecule has 0 fully saturated rings. The van der Waals surface area contributed by atoms with Crippen molar-refractivity contribution in [3.63, 3.8) is 0 Å². The van der Waals surface area contributed by atoms with E-state index in [0.29, 0.717) is 46.0 Å². The van der Waals surface area contributed by atoms with Crippen molar-refractivity contribution < 1.29 is 33.4 Å². The average Bonchev–Trinajstić information content (AvgIpc) is 3.10. The Morgan fingerprint density at radius 2 is 1.38 bits per heavy atom. The van der Waals surface area contributed by atoms with Crippen LogP contribution in [-0.2, 0) is 11.2 Å². The Hall–Kier alpha value is -5.44. The summed E-state index contributed by atoms with van der Waals surface area (Å²) in [5.41, 5.74) is 2.45. The second-order valence-electron chi connectivity index (χ2n) is 11.4. The summed E-state index contributed by atoms with van der Waals surface area (Å²) in [6.45, 7) is 4.23. The maximum absolute atomic E-state index is 13.0. The molecule has 4 aromatic carbocycles. The van der Waals surface area contributed by atoms with Crippen molar-refractivity contribution in [2.24, 2.45) is 0 Å². The maximum Gasteiger partial charge on any atom is 0.343 e. The molecule has 0 saturated heterocycles. The molecule has 0 radical (unpaired) electrons. The van der Waals surface area contributed by atoms with E-state index in [0.717, 1.165) is 12.8 Å². The zero-order valence-corrected chi connectivity index (χ0v) is 27.6. The lowest BCUT2D eigenvalue weighted by Gasteiger charge is -2.17. The number of ketones is 1. The Bertz CT molecular complexity index is 1670. The normalized spacial score (nSPS) is 11.2. The largest absolute Gasteiger partial charge is 0.494 e. The van der Waals surface area contributed by atoms with Gasteiger partial charge in [-0.15, -0.1) is 0 Å². The number of hydrogen-bond donors (Lipinski definition) is 2. The Morgan fingerprint density at radius 1 is 0.708 bits per heavy atom. The lowest BCUT2D eigenvalue weighted by Crippen LogP contribution is -2.41. The first kappa shape index (κ1) is 35.4. The Morgan fingerprint density at radius 3 is 2.04 bits per heavy atom. The van der Waals surface area contributed by atoms with Gasteiger partial charge >= 0.3 is 5.97 Å². The highest BCUT2D eigenvalue weighted by Crippen LogP contribution is 2.30. The van der Waals surface area contributed by atoms with E-state index in [1.807, 2.05) is 6.07 Å². The van der Waals surface area contributed by atoms with Gasteiger partial charge in [0.05, 0.1) is 25.3 Å². The van der Waals surface area contributed by atoms with Gasteiger partial charge in [-0.25, -0.2) is 4.79 Å². The van der Waals surface area contributed by atoms with Crippen LogP contribution in [0.4, 0.5) is 5.69 Å². The third kappa shape index (κ3) is 10.6. The van der Waals surface area contributed by atoms with Crippen LogP contribution in [-0.4, -0.2) is 43.3 Å². The van der Waals surface area contributed by atoms with Gasteiger partial charge in [0.15, 0.2) is 17.3 Å². The van der Waals surface area contributed by atoms with E-state index in [9.17, 15) is 19.2 Å². The fourth-order valence-corrected chi connectivity index (χ4v) is 4.94. The summed E-state index contributed by atoms with van der Waals surface area (Å²) in [5, 5.41) is 5.58. The summed E-state index contributed by atoms with van der Waals surface area (Å²) in [4.78, 5) is 50.8. The predicted octanol–water partition coefficient (Wildman–Crippen LogP) is 7.45. The fourth-order valence-electron chi connectivity index (χ4n) is 4.94. The van der Waals surface area contributed by atoms with Crippen LogP contribution in [0.2, 0.25) is 0 Å². The van der Waals surface area contributed by atoms with Gasteiger partial charge in [-0.05, 0) is 98.1 Å². The quantitative estimate of drug-likeness (QED) is 0.0692. The number of methoxy groups -OCH3 is 1. The Kier molecular flexibility index (Phi) is 13.3. The Balaban J connectivity index is 1.32. The Labute approximate surface area is 281 Å². The van der Waals surface area contributed by atoms with Crippen LogP contribution in [0.1, 0.15) is 82.6 Å². The summed E-state index contributed by atoms with van der Waals surface area (Å²) in [6.07, 6.45) is 5.96. The minimum Gasteiger partial charge on any atom is -0.494 e. The first-order valence-corrected chi connectivity index (χ1v) is 16.2. The van der Waals surface area contributed by atoms with E-state index in [1.165, 1.54) is 33.3 Å². The lowest BCUT2D eigenvalue weighted by molar-refractivity contribution is -0.118. The highest BCUT2D eigenvalue weighted by Gasteiger charge is 2.21. The summed E-state index contributed by atoms with van der Waals surface area (Å²) >= 11 is 0. The van der Waals surface area contributed by atoms with Crippen LogP contribution in [0.3, 0.4) is 0 Å². The number of rotatable bonds is 17. The van der Waals surface area contributed by atoms with Crippen molar-refractivity contribution in [2.75, 3.05) is 19.0 Å². The number of unbranched alkanes of at least 4 members (excludes halogenated alkanes) is 4. The molecule has 48 heavy (non-hydrogen) atoms. The highest BCUT2D eigenvalue weighted by molar-refractivity contribution is 6.04. The second kappa shape index (κ2) is 18.0. The van der Waals surface area contributed by atoms with E-state index in [-0.39, 0.29) is 23.9 Å². The second-order valence-corrected chi connectivity index (χ2v) is 11.4. The van der Waals surface area contributed by atoms with Crippen LogP contribution in [0.25, 0.3) is 0 Å². The third-order valence-electron chi connectivity index (χ3n) is 7.71. The van der Waals surface area contributed by atoms with Crippen molar-refractivity contribution in [2.45, 2.75) is 58.4 Å². The van der Waals surface area contributed by atoms with E-state index in [2.05, 4.69) is 17.6 Å². The van der Waals surface area contributed by atoms with Crippen molar-refractivity contribution >= 4 is 29.3 Å². The van der Waals surface area contributed by atoms with Crippen molar-refractivity contribution in [3.05, 3.63) is 119 Å². The zero-order valence-electron chi connectivity index (χ0n) is 27.6. The van der Waals surface area contributed by atoms with E-state index in [4.69, 9.17) is 14.2 Å². The first-order valence-electron chi connectivity index (χ1n) is 16.2. The number of amides is 2. The number of esters is 1.